The largest absolute Gasteiger partial charge is 0.456 e. The van der Waals surface area contributed by atoms with Gasteiger partial charge in [-0.3, -0.25) is 9.59 Å². The smallest absolute Gasteiger partial charge is 0.306 e. The van der Waals surface area contributed by atoms with Gasteiger partial charge in [-0.05, 0) is 36.4 Å². The summed E-state index contributed by atoms with van der Waals surface area (Å²) in [6.45, 7) is 1.46. The Bertz CT molecular complexity index is 1110. The van der Waals surface area contributed by atoms with Crippen molar-refractivity contribution in [3.8, 4) is 11.4 Å². The van der Waals surface area contributed by atoms with Gasteiger partial charge in [0.05, 0.1) is 12.1 Å². The Morgan fingerprint density at radius 2 is 1.73 bits per heavy atom. The van der Waals surface area contributed by atoms with Crippen LogP contribution in [0.3, 0.4) is 0 Å². The summed E-state index contributed by atoms with van der Waals surface area (Å²) in [5, 5.41) is 3.81. The van der Waals surface area contributed by atoms with Gasteiger partial charge in [0.25, 0.3) is 5.91 Å². The first-order chi connectivity index (χ1) is 16.0. The van der Waals surface area contributed by atoms with Gasteiger partial charge in [0.2, 0.25) is 11.7 Å². The Morgan fingerprint density at radius 1 is 1.00 bits per heavy atom. The van der Waals surface area contributed by atoms with E-state index in [4.69, 9.17) is 9.26 Å². The van der Waals surface area contributed by atoms with Gasteiger partial charge < -0.3 is 19.1 Å². The number of halogens is 2. The summed E-state index contributed by atoms with van der Waals surface area (Å²) in [4.78, 5) is 32.0. The van der Waals surface area contributed by atoms with Gasteiger partial charge in [-0.2, -0.15) is 4.98 Å². The van der Waals surface area contributed by atoms with Crippen LogP contribution in [0.15, 0.2) is 53.1 Å². The molecule has 4 rings (SSSR count). The van der Waals surface area contributed by atoms with Crippen LogP contribution in [0.5, 0.6) is 0 Å². The molecule has 1 saturated heterocycles. The number of ether oxygens (including phenoxy) is 1. The van der Waals surface area contributed by atoms with Gasteiger partial charge in [-0.15, -0.1) is 0 Å². The second-order valence-electron chi connectivity index (χ2n) is 7.50. The van der Waals surface area contributed by atoms with E-state index in [1.807, 2.05) is 4.90 Å². The zero-order chi connectivity index (χ0) is 23.2. The highest BCUT2D eigenvalue weighted by Gasteiger charge is 2.23. The molecule has 0 atom stereocenters. The Morgan fingerprint density at radius 3 is 2.45 bits per heavy atom. The molecule has 0 unspecified atom stereocenters. The fraction of sp³-hybridized carbons (Fsp3) is 0.304. The number of piperazine rings is 1. The molecule has 0 radical (unpaired) electrons. The van der Waals surface area contributed by atoms with Crippen molar-refractivity contribution in [1.29, 1.82) is 0 Å². The van der Waals surface area contributed by atoms with E-state index in [-0.39, 0.29) is 42.9 Å². The summed E-state index contributed by atoms with van der Waals surface area (Å²) < 4.78 is 37.1. The SMILES string of the molecule is O=C(CCc1nc(-c2ccc(F)cc2)no1)OCC(=O)N1CCN(c2ccccc2F)CC1. The monoisotopic (exact) mass is 456 g/mol. The summed E-state index contributed by atoms with van der Waals surface area (Å²) in [5.74, 6) is -0.989. The summed E-state index contributed by atoms with van der Waals surface area (Å²) in [6.07, 6.45) is 0.127. The molecule has 10 heteroatoms. The maximum absolute atomic E-state index is 13.9. The molecular weight excluding hydrogens is 434 g/mol. The van der Waals surface area contributed by atoms with Gasteiger partial charge in [0.1, 0.15) is 11.6 Å². The predicted octanol–water partition coefficient (Wildman–Crippen LogP) is 2.84. The number of rotatable bonds is 7. The number of nitrogens with zero attached hydrogens (tertiary/aromatic N) is 4. The molecule has 172 valence electrons. The van der Waals surface area contributed by atoms with Gasteiger partial charge >= 0.3 is 5.97 Å². The van der Waals surface area contributed by atoms with E-state index < -0.39 is 5.97 Å². The van der Waals surface area contributed by atoms with E-state index in [0.717, 1.165) is 0 Å². The fourth-order valence-corrected chi connectivity index (χ4v) is 3.49. The number of anilines is 1. The summed E-state index contributed by atoms with van der Waals surface area (Å²) in [6, 6.07) is 12.2. The molecule has 2 aromatic carbocycles. The number of amides is 1. The Kier molecular flexibility index (Phi) is 6.92. The number of carbonyl (C=O) groups is 2. The van der Waals surface area contributed by atoms with Crippen molar-refractivity contribution in [2.45, 2.75) is 12.8 Å². The molecule has 1 fully saturated rings. The van der Waals surface area contributed by atoms with E-state index >= 15 is 0 Å². The van der Waals surface area contributed by atoms with Gasteiger partial charge in [-0.25, -0.2) is 8.78 Å². The van der Waals surface area contributed by atoms with Crippen LogP contribution in [0.4, 0.5) is 14.5 Å². The first-order valence-corrected chi connectivity index (χ1v) is 10.5. The van der Waals surface area contributed by atoms with Crippen LogP contribution < -0.4 is 4.90 Å². The molecule has 0 spiro atoms. The van der Waals surface area contributed by atoms with Crippen LogP contribution in [0.1, 0.15) is 12.3 Å². The molecule has 0 bridgehead atoms. The molecule has 1 aliphatic rings. The lowest BCUT2D eigenvalue weighted by Gasteiger charge is -2.36. The molecule has 0 N–H and O–H groups in total. The second kappa shape index (κ2) is 10.2. The molecule has 0 aliphatic carbocycles. The number of para-hydroxylation sites is 1. The van der Waals surface area contributed by atoms with Crippen LogP contribution in [-0.2, 0) is 20.7 Å². The normalized spacial score (nSPS) is 13.8. The zero-order valence-electron chi connectivity index (χ0n) is 17.7. The number of hydrogen-bond donors (Lipinski definition) is 0. The summed E-state index contributed by atoms with van der Waals surface area (Å²) in [5.41, 5.74) is 1.11. The van der Waals surface area contributed by atoms with Crippen LogP contribution in [-0.4, -0.2) is 59.7 Å². The van der Waals surface area contributed by atoms with E-state index in [0.29, 0.717) is 43.3 Å². The first kappa shape index (κ1) is 22.4. The van der Waals surface area contributed by atoms with E-state index in [1.54, 1.807) is 23.1 Å². The van der Waals surface area contributed by atoms with Gasteiger partial charge in [-0.1, -0.05) is 17.3 Å². The van der Waals surface area contributed by atoms with Crippen molar-refractivity contribution >= 4 is 17.6 Å². The average molecular weight is 456 g/mol. The highest BCUT2D eigenvalue weighted by atomic mass is 19.1. The van der Waals surface area contributed by atoms with Crippen LogP contribution in [0.25, 0.3) is 11.4 Å². The maximum atomic E-state index is 13.9. The van der Waals surface area contributed by atoms with Crippen molar-refractivity contribution < 1.29 is 27.6 Å². The number of hydrogen-bond acceptors (Lipinski definition) is 7. The lowest BCUT2D eigenvalue weighted by Crippen LogP contribution is -2.50. The molecule has 1 amide bonds. The summed E-state index contributed by atoms with van der Waals surface area (Å²) >= 11 is 0. The highest BCUT2D eigenvalue weighted by Crippen LogP contribution is 2.20. The number of carbonyl (C=O) groups excluding carboxylic acids is 2. The minimum absolute atomic E-state index is 0.0284. The average Bonchev–Trinajstić information content (AvgIpc) is 3.31. The molecule has 8 nitrogen and oxygen atoms in total. The Balaban J connectivity index is 1.18. The molecule has 33 heavy (non-hydrogen) atoms. The van der Waals surface area contributed by atoms with Crippen LogP contribution in [0.2, 0.25) is 0 Å². The van der Waals surface area contributed by atoms with Crippen molar-refractivity contribution in [3.63, 3.8) is 0 Å². The number of aryl methyl sites for hydroxylation is 1. The molecule has 1 aromatic heterocycles. The third kappa shape index (κ3) is 5.71. The Labute approximate surface area is 188 Å². The van der Waals surface area contributed by atoms with Crippen molar-refractivity contribution in [3.05, 3.63) is 66.1 Å². The first-order valence-electron chi connectivity index (χ1n) is 10.5. The molecular formula is C23H22F2N4O4. The second-order valence-corrected chi connectivity index (χ2v) is 7.50. The van der Waals surface area contributed by atoms with Gasteiger partial charge in [0, 0.05) is 38.2 Å². The van der Waals surface area contributed by atoms with Crippen molar-refractivity contribution in [2.75, 3.05) is 37.7 Å². The Hall–Kier alpha value is -3.82. The fourth-order valence-electron chi connectivity index (χ4n) is 3.49. The quantitative estimate of drug-likeness (QED) is 0.505. The molecule has 0 saturated carbocycles. The predicted molar refractivity (Wildman–Crippen MR) is 114 cm³/mol. The van der Waals surface area contributed by atoms with Crippen LogP contribution in [0, 0.1) is 11.6 Å². The van der Waals surface area contributed by atoms with E-state index in [2.05, 4.69) is 10.1 Å². The number of aromatic nitrogens is 2. The zero-order valence-corrected chi connectivity index (χ0v) is 17.7. The lowest BCUT2D eigenvalue weighted by molar-refractivity contribution is -0.152. The van der Waals surface area contributed by atoms with E-state index in [1.165, 1.54) is 30.3 Å². The third-order valence-corrected chi connectivity index (χ3v) is 5.30. The minimum Gasteiger partial charge on any atom is -0.456 e. The topological polar surface area (TPSA) is 88.8 Å². The molecule has 2 heterocycles. The van der Waals surface area contributed by atoms with Crippen LogP contribution >= 0.6 is 0 Å². The maximum Gasteiger partial charge on any atom is 0.306 e. The molecule has 1 aliphatic heterocycles. The van der Waals surface area contributed by atoms with Crippen molar-refractivity contribution in [2.24, 2.45) is 0 Å². The standard InChI is InChI=1S/C23H22F2N4O4/c24-17-7-5-16(6-8-17)23-26-20(33-27-23)9-10-22(31)32-15-21(30)29-13-11-28(12-14-29)19-4-2-1-3-18(19)25/h1-8H,9-15H2. The molecule has 3 aromatic rings. The lowest BCUT2D eigenvalue weighted by atomic mass is 10.2. The van der Waals surface area contributed by atoms with E-state index in [9.17, 15) is 18.4 Å². The highest BCUT2D eigenvalue weighted by molar-refractivity contribution is 5.81. The van der Waals surface area contributed by atoms with Gasteiger partial charge in [0.15, 0.2) is 6.61 Å². The number of benzene rings is 2. The third-order valence-electron chi connectivity index (χ3n) is 5.30. The minimum atomic E-state index is -0.560. The van der Waals surface area contributed by atoms with Crippen molar-refractivity contribution in [1.82, 2.24) is 15.0 Å². The number of esters is 1. The summed E-state index contributed by atoms with van der Waals surface area (Å²) in [7, 11) is 0.